The molecule has 0 aliphatic carbocycles. The number of primary sulfonamides is 1. The molecule has 0 fully saturated rings. The lowest BCUT2D eigenvalue weighted by Gasteiger charge is -2.04. The molecule has 1 aromatic carbocycles. The van der Waals surface area contributed by atoms with Gasteiger partial charge >= 0.3 is 0 Å². The summed E-state index contributed by atoms with van der Waals surface area (Å²) in [6, 6.07) is 5.07. The second kappa shape index (κ2) is 3.77. The first-order valence-corrected chi connectivity index (χ1v) is 6.30. The Bertz CT molecular complexity index is 414. The summed E-state index contributed by atoms with van der Waals surface area (Å²) in [5.41, 5.74) is 1.71. The van der Waals surface area contributed by atoms with Crippen molar-refractivity contribution in [3.8, 4) is 0 Å². The van der Waals surface area contributed by atoms with Gasteiger partial charge in [0.25, 0.3) is 0 Å². The van der Waals surface area contributed by atoms with Gasteiger partial charge in [-0.05, 0) is 24.1 Å². The smallest absolute Gasteiger partial charge is 0.225 e. The Kier molecular flexibility index (Phi) is 3.10. The molecule has 0 radical (unpaired) electrons. The van der Waals surface area contributed by atoms with Gasteiger partial charge < -0.3 is 0 Å². The highest BCUT2D eigenvalue weighted by atomic mass is 79.9. The molecule has 1 aromatic rings. The number of alkyl halides is 1. The van der Waals surface area contributed by atoms with Crippen LogP contribution in [0.2, 0.25) is 0 Å². The molecule has 13 heavy (non-hydrogen) atoms. The average Bonchev–Trinajstić information content (AvgIpc) is 2.01. The van der Waals surface area contributed by atoms with Gasteiger partial charge in [0.1, 0.15) is 0 Å². The number of hydrogen-bond acceptors (Lipinski definition) is 2. The number of rotatable bonds is 2. The van der Waals surface area contributed by atoms with Gasteiger partial charge in [0.2, 0.25) is 10.0 Å². The predicted octanol–water partition coefficient (Wildman–Crippen LogP) is 1.54. The third-order valence-electron chi connectivity index (χ3n) is 1.70. The van der Waals surface area contributed by atoms with Crippen molar-refractivity contribution in [1.82, 2.24) is 0 Å². The van der Waals surface area contributed by atoms with Crippen LogP contribution in [0.3, 0.4) is 0 Å². The van der Waals surface area contributed by atoms with Crippen LogP contribution in [-0.2, 0) is 15.4 Å². The topological polar surface area (TPSA) is 60.2 Å². The molecular weight excluding hydrogens is 254 g/mol. The van der Waals surface area contributed by atoms with Crippen molar-refractivity contribution in [2.24, 2.45) is 5.14 Å². The summed E-state index contributed by atoms with van der Waals surface area (Å²) in [6.07, 6.45) is 0. The number of sulfonamides is 1. The van der Waals surface area contributed by atoms with Gasteiger partial charge in [-0.25, -0.2) is 13.6 Å². The Labute approximate surface area is 86.1 Å². The lowest BCUT2D eigenvalue weighted by atomic mass is 10.2. The maximum absolute atomic E-state index is 11.0. The summed E-state index contributed by atoms with van der Waals surface area (Å²) in [6.45, 7) is 1.73. The molecule has 3 nitrogen and oxygen atoms in total. The maximum Gasteiger partial charge on any atom is 0.238 e. The second-order valence-corrected chi connectivity index (χ2v) is 4.87. The molecule has 0 atom stereocenters. The molecule has 1 rings (SSSR count). The molecule has 0 saturated carbocycles. The van der Waals surface area contributed by atoms with E-state index in [9.17, 15) is 8.42 Å². The third-order valence-corrected chi connectivity index (χ3v) is 3.42. The first-order chi connectivity index (χ1) is 5.95. The van der Waals surface area contributed by atoms with E-state index in [1.807, 2.05) is 0 Å². The van der Waals surface area contributed by atoms with Gasteiger partial charge in [-0.1, -0.05) is 28.1 Å². The minimum absolute atomic E-state index is 0.192. The van der Waals surface area contributed by atoms with Gasteiger partial charge in [0.05, 0.1) is 4.90 Å². The zero-order valence-corrected chi connectivity index (χ0v) is 9.52. The van der Waals surface area contributed by atoms with E-state index in [0.717, 1.165) is 5.56 Å². The third kappa shape index (κ3) is 2.52. The van der Waals surface area contributed by atoms with Crippen molar-refractivity contribution in [3.05, 3.63) is 29.3 Å². The molecule has 0 spiro atoms. The quantitative estimate of drug-likeness (QED) is 0.823. The van der Waals surface area contributed by atoms with Crippen LogP contribution in [-0.4, -0.2) is 8.42 Å². The molecule has 72 valence electrons. The first kappa shape index (κ1) is 10.7. The lowest BCUT2D eigenvalue weighted by molar-refractivity contribution is 0.597. The summed E-state index contributed by atoms with van der Waals surface area (Å²) < 4.78 is 22.0. The van der Waals surface area contributed by atoms with Crippen molar-refractivity contribution in [1.29, 1.82) is 0 Å². The van der Waals surface area contributed by atoms with E-state index in [4.69, 9.17) is 5.14 Å². The Morgan fingerprint density at radius 2 is 2.08 bits per heavy atom. The normalized spacial score (nSPS) is 11.6. The van der Waals surface area contributed by atoms with Crippen LogP contribution in [0.4, 0.5) is 0 Å². The van der Waals surface area contributed by atoms with Crippen molar-refractivity contribution in [2.75, 3.05) is 0 Å². The van der Waals surface area contributed by atoms with Gasteiger partial charge in [-0.3, -0.25) is 0 Å². The van der Waals surface area contributed by atoms with Gasteiger partial charge in [-0.15, -0.1) is 0 Å². The minimum Gasteiger partial charge on any atom is -0.225 e. The van der Waals surface area contributed by atoms with Crippen LogP contribution in [0.5, 0.6) is 0 Å². The number of benzene rings is 1. The summed E-state index contributed by atoms with van der Waals surface area (Å²) in [4.78, 5) is 0.192. The first-order valence-electron chi connectivity index (χ1n) is 3.63. The molecular formula is C8H10BrNO2S. The van der Waals surface area contributed by atoms with Crippen LogP contribution in [0, 0.1) is 6.92 Å². The van der Waals surface area contributed by atoms with Gasteiger partial charge in [-0.2, -0.15) is 0 Å². The summed E-state index contributed by atoms with van der Waals surface area (Å²) in [5, 5.41) is 5.72. The molecule has 0 saturated heterocycles. The Balaban J connectivity index is 3.29. The fraction of sp³-hybridized carbons (Fsp3) is 0.250. The van der Waals surface area contributed by atoms with Crippen LogP contribution < -0.4 is 5.14 Å². The zero-order chi connectivity index (χ0) is 10.1. The second-order valence-electron chi connectivity index (χ2n) is 2.78. The molecule has 0 heterocycles. The number of halogens is 1. The standard InChI is InChI=1S/C8H10BrNO2S/c1-6-4-7(5-9)2-3-8(6)13(10,11)12/h2-4H,5H2,1H3,(H2,10,11,12). The molecule has 2 N–H and O–H groups in total. The van der Waals surface area contributed by atoms with Gasteiger partial charge in [0.15, 0.2) is 0 Å². The van der Waals surface area contributed by atoms with E-state index in [0.29, 0.717) is 10.9 Å². The molecule has 0 aromatic heterocycles. The Morgan fingerprint density at radius 3 is 2.46 bits per heavy atom. The number of hydrogen-bond donors (Lipinski definition) is 1. The van der Waals surface area contributed by atoms with Crippen molar-refractivity contribution in [3.63, 3.8) is 0 Å². The molecule has 0 bridgehead atoms. The summed E-state index contributed by atoms with van der Waals surface area (Å²) in [5.74, 6) is 0. The minimum atomic E-state index is -3.57. The van der Waals surface area contributed by atoms with Crippen LogP contribution in [0.15, 0.2) is 23.1 Å². The predicted molar refractivity (Wildman–Crippen MR) is 55.2 cm³/mol. The molecule has 0 unspecified atom stereocenters. The van der Waals surface area contributed by atoms with E-state index < -0.39 is 10.0 Å². The molecule has 0 amide bonds. The number of aryl methyl sites for hydroxylation is 1. The monoisotopic (exact) mass is 263 g/mol. The highest BCUT2D eigenvalue weighted by Crippen LogP contribution is 2.16. The highest BCUT2D eigenvalue weighted by Gasteiger charge is 2.10. The SMILES string of the molecule is Cc1cc(CBr)ccc1S(N)(=O)=O. The largest absolute Gasteiger partial charge is 0.238 e. The summed E-state index contributed by atoms with van der Waals surface area (Å²) >= 11 is 3.29. The maximum atomic E-state index is 11.0. The lowest BCUT2D eigenvalue weighted by Crippen LogP contribution is -2.13. The fourth-order valence-electron chi connectivity index (χ4n) is 1.11. The average molecular weight is 264 g/mol. The van der Waals surface area contributed by atoms with Crippen LogP contribution >= 0.6 is 15.9 Å². The van der Waals surface area contributed by atoms with Crippen LogP contribution in [0.1, 0.15) is 11.1 Å². The molecule has 0 aliphatic heterocycles. The molecule has 5 heteroatoms. The summed E-state index contributed by atoms with van der Waals surface area (Å²) in [7, 11) is -3.57. The fourth-order valence-corrected chi connectivity index (χ4v) is 2.23. The van der Waals surface area contributed by atoms with Crippen molar-refractivity contribution in [2.45, 2.75) is 17.1 Å². The zero-order valence-electron chi connectivity index (χ0n) is 7.12. The Hall–Kier alpha value is -0.390. The van der Waals surface area contributed by atoms with E-state index in [1.165, 1.54) is 6.07 Å². The number of nitrogens with two attached hydrogens (primary N) is 1. The van der Waals surface area contributed by atoms with Crippen molar-refractivity contribution >= 4 is 26.0 Å². The van der Waals surface area contributed by atoms with Crippen LogP contribution in [0.25, 0.3) is 0 Å². The van der Waals surface area contributed by atoms with Gasteiger partial charge in [0, 0.05) is 5.33 Å². The van der Waals surface area contributed by atoms with E-state index in [1.54, 1.807) is 19.1 Å². The highest BCUT2D eigenvalue weighted by molar-refractivity contribution is 9.08. The van der Waals surface area contributed by atoms with E-state index in [2.05, 4.69) is 15.9 Å². The van der Waals surface area contributed by atoms with E-state index in [-0.39, 0.29) is 4.90 Å². The Morgan fingerprint density at radius 1 is 1.46 bits per heavy atom. The molecule has 0 aliphatic rings. The van der Waals surface area contributed by atoms with Crippen molar-refractivity contribution < 1.29 is 8.42 Å². The van der Waals surface area contributed by atoms with E-state index >= 15 is 0 Å².